The average molecular weight is 187 g/mol. The van der Waals surface area contributed by atoms with E-state index in [-0.39, 0.29) is 0 Å². The quantitative estimate of drug-likeness (QED) is 0.746. The van der Waals surface area contributed by atoms with E-state index < -0.39 is 0 Å². The highest BCUT2D eigenvalue weighted by Gasteiger charge is 2.03. The Bertz CT molecular complexity index is 226. The molecular weight excluding hydrogens is 174 g/mol. The first-order valence-electron chi connectivity index (χ1n) is 3.88. The number of aromatic nitrogens is 2. The largest absolute Gasteiger partial charge is 0.338 e. The van der Waals surface area contributed by atoms with Gasteiger partial charge in [0.15, 0.2) is 5.82 Å². The second kappa shape index (κ2) is 5.16. The van der Waals surface area contributed by atoms with Crippen LogP contribution in [-0.2, 0) is 12.3 Å². The van der Waals surface area contributed by atoms with Gasteiger partial charge >= 0.3 is 0 Å². The normalized spacial score (nSPS) is 10.5. The fourth-order valence-electron chi connectivity index (χ4n) is 0.782. The third-order valence-corrected chi connectivity index (χ3v) is 1.86. The van der Waals surface area contributed by atoms with Crippen LogP contribution in [0.4, 0.5) is 0 Å². The summed E-state index contributed by atoms with van der Waals surface area (Å²) in [5.74, 6) is 2.26. The van der Waals surface area contributed by atoms with Gasteiger partial charge < -0.3 is 9.84 Å². The molecule has 5 heteroatoms. The number of thioether (sulfide) groups is 1. The topological polar surface area (TPSA) is 51.0 Å². The number of hydrogen-bond donors (Lipinski definition) is 1. The van der Waals surface area contributed by atoms with Gasteiger partial charge in [-0.3, -0.25) is 0 Å². The van der Waals surface area contributed by atoms with E-state index in [2.05, 4.69) is 15.5 Å². The fraction of sp³-hybridized carbons (Fsp3) is 0.714. The van der Waals surface area contributed by atoms with Gasteiger partial charge in [-0.2, -0.15) is 16.7 Å². The van der Waals surface area contributed by atoms with E-state index >= 15 is 0 Å². The molecule has 0 unspecified atom stereocenters. The zero-order chi connectivity index (χ0) is 8.81. The molecule has 0 saturated heterocycles. The maximum Gasteiger partial charge on any atom is 0.240 e. The lowest BCUT2D eigenvalue weighted by Gasteiger charge is -1.92. The molecule has 0 aliphatic rings. The van der Waals surface area contributed by atoms with Crippen molar-refractivity contribution in [3.8, 4) is 0 Å². The van der Waals surface area contributed by atoms with E-state index in [1.54, 1.807) is 11.8 Å². The van der Waals surface area contributed by atoms with Crippen molar-refractivity contribution in [2.24, 2.45) is 0 Å². The molecule has 0 atom stereocenters. The lowest BCUT2D eigenvalue weighted by Crippen LogP contribution is -2.11. The lowest BCUT2D eigenvalue weighted by atomic mass is 10.6. The van der Waals surface area contributed by atoms with Crippen molar-refractivity contribution < 1.29 is 4.52 Å². The van der Waals surface area contributed by atoms with Crippen LogP contribution in [0.15, 0.2) is 4.52 Å². The van der Waals surface area contributed by atoms with Gasteiger partial charge in [-0.25, -0.2) is 0 Å². The SMILES string of the molecule is CCNCc1nc(CSC)no1. The highest BCUT2D eigenvalue weighted by Crippen LogP contribution is 2.04. The van der Waals surface area contributed by atoms with Gasteiger partial charge in [0, 0.05) is 0 Å². The van der Waals surface area contributed by atoms with Gasteiger partial charge in [-0.05, 0) is 12.8 Å². The molecule has 1 rings (SSSR count). The van der Waals surface area contributed by atoms with Gasteiger partial charge in [0.05, 0.1) is 12.3 Å². The van der Waals surface area contributed by atoms with Crippen molar-refractivity contribution >= 4 is 11.8 Å². The van der Waals surface area contributed by atoms with Crippen LogP contribution >= 0.6 is 11.8 Å². The summed E-state index contributed by atoms with van der Waals surface area (Å²) in [5.41, 5.74) is 0. The molecule has 0 radical (unpaired) electrons. The first-order valence-corrected chi connectivity index (χ1v) is 5.27. The van der Waals surface area contributed by atoms with Crippen LogP contribution in [0.3, 0.4) is 0 Å². The fourth-order valence-corrected chi connectivity index (χ4v) is 1.16. The number of nitrogens with one attached hydrogen (secondary N) is 1. The standard InChI is InChI=1S/C7H13N3OS/c1-3-8-4-7-9-6(5-12-2)10-11-7/h8H,3-5H2,1-2H3. The molecular formula is C7H13N3OS. The van der Waals surface area contributed by atoms with Crippen molar-refractivity contribution in [2.45, 2.75) is 19.2 Å². The molecule has 68 valence electrons. The Morgan fingerprint density at radius 2 is 2.42 bits per heavy atom. The Kier molecular flexibility index (Phi) is 4.10. The maximum absolute atomic E-state index is 4.98. The molecule has 0 amide bonds. The summed E-state index contributed by atoms with van der Waals surface area (Å²) < 4.78 is 4.98. The van der Waals surface area contributed by atoms with E-state index in [1.807, 2.05) is 13.2 Å². The summed E-state index contributed by atoms with van der Waals surface area (Å²) in [4.78, 5) is 4.18. The van der Waals surface area contributed by atoms with Crippen molar-refractivity contribution in [1.29, 1.82) is 0 Å². The van der Waals surface area contributed by atoms with Crippen molar-refractivity contribution in [3.05, 3.63) is 11.7 Å². The first-order chi connectivity index (χ1) is 5.86. The smallest absolute Gasteiger partial charge is 0.240 e. The molecule has 0 spiro atoms. The summed E-state index contributed by atoms with van der Waals surface area (Å²) in [6, 6.07) is 0. The zero-order valence-corrected chi connectivity index (χ0v) is 8.15. The van der Waals surface area contributed by atoms with Crippen molar-refractivity contribution in [3.63, 3.8) is 0 Å². The molecule has 0 fully saturated rings. The minimum atomic E-state index is 0.665. The molecule has 1 heterocycles. The van der Waals surface area contributed by atoms with E-state index in [0.29, 0.717) is 12.4 Å². The highest BCUT2D eigenvalue weighted by molar-refractivity contribution is 7.97. The van der Waals surface area contributed by atoms with Gasteiger partial charge in [0.2, 0.25) is 5.89 Å². The molecule has 4 nitrogen and oxygen atoms in total. The Labute approximate surface area is 76.1 Å². The van der Waals surface area contributed by atoms with Crippen LogP contribution < -0.4 is 5.32 Å². The summed E-state index contributed by atoms with van der Waals surface area (Å²) in [6.07, 6.45) is 2.01. The molecule has 0 bridgehead atoms. The summed E-state index contributed by atoms with van der Waals surface area (Å²) in [7, 11) is 0. The van der Waals surface area contributed by atoms with Gasteiger partial charge in [0.1, 0.15) is 0 Å². The van der Waals surface area contributed by atoms with E-state index in [0.717, 1.165) is 18.1 Å². The molecule has 12 heavy (non-hydrogen) atoms. The van der Waals surface area contributed by atoms with E-state index in [1.165, 1.54) is 0 Å². The van der Waals surface area contributed by atoms with Crippen molar-refractivity contribution in [1.82, 2.24) is 15.5 Å². The third kappa shape index (κ3) is 2.83. The molecule has 1 aromatic heterocycles. The minimum absolute atomic E-state index is 0.665. The molecule has 0 aliphatic heterocycles. The predicted molar refractivity (Wildman–Crippen MR) is 48.9 cm³/mol. The van der Waals surface area contributed by atoms with Crippen LogP contribution in [0, 0.1) is 0 Å². The van der Waals surface area contributed by atoms with Crippen LogP contribution in [0.1, 0.15) is 18.6 Å². The minimum Gasteiger partial charge on any atom is -0.338 e. The number of hydrogen-bond acceptors (Lipinski definition) is 5. The van der Waals surface area contributed by atoms with Gasteiger partial charge in [0.25, 0.3) is 0 Å². The number of nitrogens with zero attached hydrogens (tertiary/aromatic N) is 2. The summed E-state index contributed by atoms with van der Waals surface area (Å²) in [6.45, 7) is 3.62. The maximum atomic E-state index is 4.98. The second-order valence-electron chi connectivity index (χ2n) is 2.32. The molecule has 1 N–H and O–H groups in total. The third-order valence-electron chi connectivity index (χ3n) is 1.31. The molecule has 0 saturated carbocycles. The summed E-state index contributed by atoms with van der Waals surface area (Å²) in [5, 5.41) is 6.93. The van der Waals surface area contributed by atoms with Crippen molar-refractivity contribution in [2.75, 3.05) is 12.8 Å². The number of rotatable bonds is 5. The van der Waals surface area contributed by atoms with Crippen LogP contribution in [0.5, 0.6) is 0 Å². The zero-order valence-electron chi connectivity index (χ0n) is 7.33. The molecule has 1 aromatic rings. The molecule has 0 aliphatic carbocycles. The Morgan fingerprint density at radius 3 is 3.08 bits per heavy atom. The monoisotopic (exact) mass is 187 g/mol. The van der Waals surface area contributed by atoms with Crippen LogP contribution in [0.2, 0.25) is 0 Å². The highest BCUT2D eigenvalue weighted by atomic mass is 32.2. The van der Waals surface area contributed by atoms with Crippen LogP contribution in [-0.4, -0.2) is 22.9 Å². The second-order valence-corrected chi connectivity index (χ2v) is 3.18. The van der Waals surface area contributed by atoms with E-state index in [4.69, 9.17) is 4.52 Å². The Morgan fingerprint density at radius 1 is 1.58 bits per heavy atom. The molecule has 0 aromatic carbocycles. The average Bonchev–Trinajstić information content (AvgIpc) is 2.50. The van der Waals surface area contributed by atoms with Gasteiger partial charge in [-0.1, -0.05) is 12.1 Å². The lowest BCUT2D eigenvalue weighted by molar-refractivity contribution is 0.365. The first kappa shape index (κ1) is 9.54. The van der Waals surface area contributed by atoms with Gasteiger partial charge in [-0.15, -0.1) is 0 Å². The Balaban J connectivity index is 2.41. The van der Waals surface area contributed by atoms with Crippen LogP contribution in [0.25, 0.3) is 0 Å². The predicted octanol–water partition coefficient (Wildman–Crippen LogP) is 1.04. The summed E-state index contributed by atoms with van der Waals surface area (Å²) >= 11 is 1.69. The van der Waals surface area contributed by atoms with E-state index in [9.17, 15) is 0 Å². The Hall–Kier alpha value is -0.550.